The van der Waals surface area contributed by atoms with Crippen molar-refractivity contribution in [2.24, 2.45) is 0 Å². The van der Waals surface area contributed by atoms with Crippen LogP contribution in [0.4, 0.5) is 0 Å². The fourth-order valence-corrected chi connectivity index (χ4v) is 3.26. The average molecular weight is 360 g/mol. The van der Waals surface area contributed by atoms with Crippen LogP contribution in [-0.4, -0.2) is 9.97 Å². The number of rotatable bonds is 2. The molecule has 1 saturated carbocycles. The molecule has 0 radical (unpaired) electrons. The third kappa shape index (κ3) is 2.10. The molecule has 2 aromatic rings. The predicted molar refractivity (Wildman–Crippen MR) is 85.1 cm³/mol. The SMILES string of the molecule is IC1=CCc2ccc(-c3cncc(C4CC4)n3)cc21. The van der Waals surface area contributed by atoms with Gasteiger partial charge < -0.3 is 0 Å². The van der Waals surface area contributed by atoms with Crippen LogP contribution in [-0.2, 0) is 6.42 Å². The number of hydrogen-bond acceptors (Lipinski definition) is 2. The Morgan fingerprint density at radius 1 is 1.16 bits per heavy atom. The Bertz CT molecular complexity index is 687. The summed E-state index contributed by atoms with van der Waals surface area (Å²) in [7, 11) is 0. The molecule has 2 aliphatic rings. The topological polar surface area (TPSA) is 25.8 Å². The zero-order chi connectivity index (χ0) is 12.8. The lowest BCUT2D eigenvalue weighted by Crippen LogP contribution is -1.93. The molecule has 1 heterocycles. The van der Waals surface area contributed by atoms with Gasteiger partial charge in [-0.2, -0.15) is 0 Å². The molecule has 3 heteroatoms. The molecular weight excluding hydrogens is 347 g/mol. The van der Waals surface area contributed by atoms with E-state index in [0.29, 0.717) is 5.92 Å². The summed E-state index contributed by atoms with van der Waals surface area (Å²) in [5.41, 5.74) is 6.11. The van der Waals surface area contributed by atoms with E-state index in [4.69, 9.17) is 4.98 Å². The Labute approximate surface area is 126 Å². The Morgan fingerprint density at radius 2 is 2.05 bits per heavy atom. The number of benzene rings is 1. The van der Waals surface area contributed by atoms with Crippen molar-refractivity contribution in [2.45, 2.75) is 25.2 Å². The molecule has 0 atom stereocenters. The molecule has 1 aromatic heterocycles. The van der Waals surface area contributed by atoms with Crippen LogP contribution >= 0.6 is 22.6 Å². The normalized spacial score (nSPS) is 17.2. The second-order valence-corrected chi connectivity index (χ2v) is 6.39. The van der Waals surface area contributed by atoms with E-state index in [1.54, 1.807) is 0 Å². The minimum absolute atomic E-state index is 0.655. The van der Waals surface area contributed by atoms with Gasteiger partial charge in [0.2, 0.25) is 0 Å². The van der Waals surface area contributed by atoms with Crippen molar-refractivity contribution in [3.63, 3.8) is 0 Å². The highest BCUT2D eigenvalue weighted by atomic mass is 127. The van der Waals surface area contributed by atoms with Crippen LogP contribution in [0.15, 0.2) is 36.7 Å². The summed E-state index contributed by atoms with van der Waals surface area (Å²) in [6, 6.07) is 6.64. The Morgan fingerprint density at radius 3 is 2.89 bits per heavy atom. The molecule has 0 aliphatic heterocycles. The van der Waals surface area contributed by atoms with Crippen molar-refractivity contribution in [3.8, 4) is 11.3 Å². The molecule has 0 amide bonds. The van der Waals surface area contributed by atoms with E-state index in [9.17, 15) is 0 Å². The monoisotopic (exact) mass is 360 g/mol. The summed E-state index contributed by atoms with van der Waals surface area (Å²) in [5, 5.41) is 0. The van der Waals surface area contributed by atoms with Gasteiger partial charge in [0.15, 0.2) is 0 Å². The summed E-state index contributed by atoms with van der Waals surface area (Å²) in [5.74, 6) is 0.655. The summed E-state index contributed by atoms with van der Waals surface area (Å²) in [6.07, 6.45) is 9.66. The zero-order valence-corrected chi connectivity index (χ0v) is 12.6. The van der Waals surface area contributed by atoms with Crippen LogP contribution in [0.5, 0.6) is 0 Å². The van der Waals surface area contributed by atoms with E-state index in [0.717, 1.165) is 17.8 Å². The van der Waals surface area contributed by atoms with Gasteiger partial charge >= 0.3 is 0 Å². The van der Waals surface area contributed by atoms with Crippen molar-refractivity contribution >= 4 is 26.2 Å². The van der Waals surface area contributed by atoms with Gasteiger partial charge in [0.05, 0.1) is 17.6 Å². The molecule has 0 saturated heterocycles. The fourth-order valence-electron chi connectivity index (χ4n) is 2.54. The Balaban J connectivity index is 1.78. The van der Waals surface area contributed by atoms with Crippen LogP contribution < -0.4 is 0 Å². The number of fused-ring (bicyclic) bond motifs is 1. The first-order chi connectivity index (χ1) is 9.31. The number of allylic oxidation sites excluding steroid dienone is 1. The van der Waals surface area contributed by atoms with Gasteiger partial charge in [-0.1, -0.05) is 18.2 Å². The van der Waals surface area contributed by atoms with Gasteiger partial charge in [-0.25, -0.2) is 4.98 Å². The molecule has 0 unspecified atom stereocenters. The van der Waals surface area contributed by atoms with Crippen LogP contribution in [0.3, 0.4) is 0 Å². The first kappa shape index (κ1) is 11.6. The van der Waals surface area contributed by atoms with Gasteiger partial charge in [0.1, 0.15) is 0 Å². The number of halogens is 1. The van der Waals surface area contributed by atoms with Crippen molar-refractivity contribution in [1.82, 2.24) is 9.97 Å². The van der Waals surface area contributed by atoms with Crippen molar-refractivity contribution in [2.75, 3.05) is 0 Å². The van der Waals surface area contributed by atoms with Crippen LogP contribution in [0.25, 0.3) is 14.8 Å². The summed E-state index contributed by atoms with van der Waals surface area (Å²) in [4.78, 5) is 9.13. The fraction of sp³-hybridized carbons (Fsp3) is 0.250. The quantitative estimate of drug-likeness (QED) is 0.744. The maximum atomic E-state index is 4.77. The Kier molecular flexibility index (Phi) is 2.69. The van der Waals surface area contributed by atoms with Crippen LogP contribution in [0.2, 0.25) is 0 Å². The first-order valence-corrected chi connectivity index (χ1v) is 7.70. The standard InChI is InChI=1S/C16H13IN2/c17-14-6-5-10-1-4-12(7-13(10)14)16-9-18-8-15(19-16)11-2-3-11/h1,4,6-9,11H,2-3,5H2. The maximum absolute atomic E-state index is 4.77. The average Bonchev–Trinajstić information content (AvgIpc) is 3.24. The first-order valence-electron chi connectivity index (χ1n) is 6.62. The largest absolute Gasteiger partial charge is 0.261 e. The molecule has 2 aliphatic carbocycles. The minimum atomic E-state index is 0.655. The van der Waals surface area contributed by atoms with Gasteiger partial charge in [-0.15, -0.1) is 0 Å². The van der Waals surface area contributed by atoms with Gasteiger partial charge in [-0.05, 0) is 59.0 Å². The Hall–Kier alpha value is -1.23. The lowest BCUT2D eigenvalue weighted by Gasteiger charge is -2.06. The molecular formula is C16H13IN2. The third-order valence-corrected chi connectivity index (χ3v) is 4.83. The van der Waals surface area contributed by atoms with Crippen molar-refractivity contribution < 1.29 is 0 Å². The molecule has 0 bridgehead atoms. The second-order valence-electron chi connectivity index (χ2n) is 5.23. The molecule has 4 rings (SSSR count). The number of aromatic nitrogens is 2. The molecule has 1 fully saturated rings. The van der Waals surface area contributed by atoms with E-state index in [1.807, 2.05) is 12.4 Å². The van der Waals surface area contributed by atoms with E-state index < -0.39 is 0 Å². The molecule has 19 heavy (non-hydrogen) atoms. The molecule has 0 N–H and O–H groups in total. The lowest BCUT2D eigenvalue weighted by atomic mass is 10.0. The van der Waals surface area contributed by atoms with Crippen LogP contribution in [0.1, 0.15) is 35.6 Å². The highest BCUT2D eigenvalue weighted by Gasteiger charge is 2.25. The summed E-state index contributed by atoms with van der Waals surface area (Å²) >= 11 is 2.41. The summed E-state index contributed by atoms with van der Waals surface area (Å²) < 4.78 is 1.35. The second kappa shape index (κ2) is 4.40. The van der Waals surface area contributed by atoms with E-state index in [2.05, 4.69) is 51.8 Å². The number of hydrogen-bond donors (Lipinski definition) is 0. The lowest BCUT2D eigenvalue weighted by molar-refractivity contribution is 0.992. The third-order valence-electron chi connectivity index (χ3n) is 3.81. The molecule has 1 aromatic carbocycles. The minimum Gasteiger partial charge on any atom is -0.261 e. The predicted octanol–water partition coefficient (Wildman–Crippen LogP) is 4.35. The smallest absolute Gasteiger partial charge is 0.0888 e. The number of nitrogens with zero attached hydrogens (tertiary/aromatic N) is 2. The highest BCUT2D eigenvalue weighted by Crippen LogP contribution is 2.39. The van der Waals surface area contributed by atoms with Gasteiger partial charge in [0, 0.05) is 21.3 Å². The van der Waals surface area contributed by atoms with Crippen molar-refractivity contribution in [1.29, 1.82) is 0 Å². The molecule has 2 nitrogen and oxygen atoms in total. The van der Waals surface area contributed by atoms with Crippen LogP contribution in [0, 0.1) is 0 Å². The summed E-state index contributed by atoms with van der Waals surface area (Å²) in [6.45, 7) is 0. The van der Waals surface area contributed by atoms with E-state index >= 15 is 0 Å². The van der Waals surface area contributed by atoms with Gasteiger partial charge in [0.25, 0.3) is 0 Å². The van der Waals surface area contributed by atoms with Crippen molar-refractivity contribution in [3.05, 3.63) is 53.5 Å². The highest BCUT2D eigenvalue weighted by molar-refractivity contribution is 14.1. The maximum Gasteiger partial charge on any atom is 0.0888 e. The van der Waals surface area contributed by atoms with Gasteiger partial charge in [-0.3, -0.25) is 4.98 Å². The molecule has 0 spiro atoms. The van der Waals surface area contributed by atoms with E-state index in [-0.39, 0.29) is 0 Å². The zero-order valence-electron chi connectivity index (χ0n) is 10.4. The molecule has 94 valence electrons. The van der Waals surface area contributed by atoms with E-state index in [1.165, 1.54) is 33.1 Å².